The van der Waals surface area contributed by atoms with Gasteiger partial charge in [0, 0.05) is 22.3 Å². The highest BCUT2D eigenvalue weighted by Gasteiger charge is 2.27. The quantitative estimate of drug-likeness (QED) is 0.231. The Hall–Kier alpha value is -3.43. The van der Waals surface area contributed by atoms with E-state index in [9.17, 15) is 9.90 Å². The van der Waals surface area contributed by atoms with E-state index >= 15 is 0 Å². The zero-order valence-electron chi connectivity index (χ0n) is 10.7. The van der Waals surface area contributed by atoms with Gasteiger partial charge in [-0.1, -0.05) is 0 Å². The molecule has 0 atom stereocenters. The van der Waals surface area contributed by atoms with Gasteiger partial charge in [-0.3, -0.25) is 21.6 Å². The van der Waals surface area contributed by atoms with Crippen molar-refractivity contribution in [3.05, 3.63) is 33.9 Å². The summed E-state index contributed by atoms with van der Waals surface area (Å²) in [6.07, 6.45) is 0. The molecule has 0 radical (unpaired) electrons. The van der Waals surface area contributed by atoms with Crippen molar-refractivity contribution in [3.8, 4) is 0 Å². The first-order chi connectivity index (χ1) is 9.59. The summed E-state index contributed by atoms with van der Waals surface area (Å²) in [5, 5.41) is 39.2. The maximum atomic E-state index is 11.3. The minimum Gasteiger partial charge on any atom is -0.478 e. The zero-order valence-corrected chi connectivity index (χ0v) is 10.7. The topological polar surface area (TPSA) is 237 Å². The summed E-state index contributed by atoms with van der Waals surface area (Å²) in [5.41, 5.74) is 20.0. The first-order valence-electron chi connectivity index (χ1n) is 5.41. The van der Waals surface area contributed by atoms with Crippen LogP contribution in [0.2, 0.25) is 0 Å². The second kappa shape index (κ2) is 5.28. The predicted molar refractivity (Wildman–Crippen MR) is 77.5 cm³/mol. The van der Waals surface area contributed by atoms with Gasteiger partial charge < -0.3 is 28.0 Å². The van der Waals surface area contributed by atoms with Gasteiger partial charge in [-0.2, -0.15) is 0 Å². The van der Waals surface area contributed by atoms with E-state index in [-0.39, 0.29) is 22.3 Å². The number of carboxylic acids is 1. The van der Waals surface area contributed by atoms with Gasteiger partial charge in [0.2, 0.25) is 0 Å². The summed E-state index contributed by atoms with van der Waals surface area (Å²) in [7, 11) is 0. The number of benzene rings is 1. The maximum Gasteiger partial charge on any atom is 0.336 e. The van der Waals surface area contributed by atoms with Crippen LogP contribution in [-0.2, 0) is 0 Å². The smallest absolute Gasteiger partial charge is 0.336 e. The fourth-order valence-corrected chi connectivity index (χ4v) is 1.89. The van der Waals surface area contributed by atoms with Crippen LogP contribution in [0.25, 0.3) is 0 Å². The molecule has 0 aliphatic heterocycles. The lowest BCUT2D eigenvalue weighted by molar-refractivity contribution is 0.0696. The fourth-order valence-electron chi connectivity index (χ4n) is 1.89. The van der Waals surface area contributed by atoms with Gasteiger partial charge in [0.1, 0.15) is 23.3 Å². The van der Waals surface area contributed by atoms with E-state index in [0.29, 0.717) is 0 Å². The van der Waals surface area contributed by atoms with Gasteiger partial charge >= 0.3 is 5.97 Å². The minimum atomic E-state index is -1.44. The molecule has 0 fully saturated rings. The summed E-state index contributed by atoms with van der Waals surface area (Å²) in [5.74, 6) is -3.88. The molecule has 110 valence electrons. The molecule has 21 heavy (non-hydrogen) atoms. The average Bonchev–Trinajstić information content (AvgIpc) is 2.34. The van der Waals surface area contributed by atoms with E-state index in [2.05, 4.69) is 0 Å². The van der Waals surface area contributed by atoms with Crippen LogP contribution >= 0.6 is 0 Å². The summed E-state index contributed by atoms with van der Waals surface area (Å²) >= 11 is 0. The molecular formula is C11H14N8O2. The van der Waals surface area contributed by atoms with Crippen LogP contribution in [0.3, 0.4) is 0 Å². The molecule has 0 unspecified atom stereocenters. The highest BCUT2D eigenvalue weighted by atomic mass is 16.4. The van der Waals surface area contributed by atoms with Gasteiger partial charge in [-0.05, 0) is 6.07 Å². The van der Waals surface area contributed by atoms with Crippen molar-refractivity contribution in [1.82, 2.24) is 0 Å². The monoisotopic (exact) mass is 290 g/mol. The lowest BCUT2D eigenvalue weighted by Crippen LogP contribution is -2.32. The highest BCUT2D eigenvalue weighted by molar-refractivity contribution is 6.22. The first kappa shape index (κ1) is 15.6. The molecule has 0 aliphatic rings. The summed E-state index contributed by atoms with van der Waals surface area (Å²) in [4.78, 5) is 11.3. The molecule has 10 nitrogen and oxygen atoms in total. The lowest BCUT2D eigenvalue weighted by atomic mass is 9.89. The number of nitrogen functional groups attached to an aromatic ring is 4. The van der Waals surface area contributed by atoms with E-state index in [4.69, 9.17) is 44.6 Å². The Morgan fingerprint density at radius 3 is 1.43 bits per heavy atom. The number of nitrogens with two attached hydrogens (primary N) is 4. The molecule has 0 aromatic heterocycles. The molecular weight excluding hydrogens is 276 g/mol. The third-order valence-electron chi connectivity index (χ3n) is 2.66. The third-order valence-corrected chi connectivity index (χ3v) is 2.66. The van der Waals surface area contributed by atoms with Crippen LogP contribution in [-0.4, -0.2) is 34.4 Å². The van der Waals surface area contributed by atoms with Crippen LogP contribution in [0.5, 0.6) is 0 Å². The maximum absolute atomic E-state index is 11.3. The molecule has 1 aromatic carbocycles. The Morgan fingerprint density at radius 2 is 1.14 bits per heavy atom. The van der Waals surface area contributed by atoms with E-state index in [1.807, 2.05) is 0 Å². The number of carbonyl (C=O) groups is 1. The Labute approximate surface area is 118 Å². The van der Waals surface area contributed by atoms with Crippen LogP contribution in [0.15, 0.2) is 6.07 Å². The van der Waals surface area contributed by atoms with Gasteiger partial charge in [0.25, 0.3) is 0 Å². The van der Waals surface area contributed by atoms with Crippen molar-refractivity contribution < 1.29 is 9.90 Å². The number of rotatable bonds is 5. The lowest BCUT2D eigenvalue weighted by Gasteiger charge is -2.18. The van der Waals surface area contributed by atoms with Crippen LogP contribution in [0, 0.1) is 21.6 Å². The predicted octanol–water partition coefficient (Wildman–Crippen LogP) is -1.48. The van der Waals surface area contributed by atoms with Crippen molar-refractivity contribution in [2.45, 2.75) is 0 Å². The number of amidine groups is 4. The number of hydrogen-bond acceptors (Lipinski definition) is 5. The van der Waals surface area contributed by atoms with Crippen molar-refractivity contribution in [3.63, 3.8) is 0 Å². The molecule has 0 saturated carbocycles. The molecule has 0 aliphatic carbocycles. The molecule has 0 heterocycles. The molecule has 0 spiro atoms. The number of aromatic carboxylic acids is 1. The molecule has 0 saturated heterocycles. The Bertz CT molecular complexity index is 656. The first-order valence-corrected chi connectivity index (χ1v) is 5.41. The van der Waals surface area contributed by atoms with Crippen LogP contribution in [0.4, 0.5) is 0 Å². The average molecular weight is 290 g/mol. The van der Waals surface area contributed by atoms with E-state index in [1.54, 1.807) is 0 Å². The summed E-state index contributed by atoms with van der Waals surface area (Å²) in [6, 6.07) is 0.977. The van der Waals surface area contributed by atoms with E-state index < -0.39 is 34.9 Å². The van der Waals surface area contributed by atoms with E-state index in [1.165, 1.54) is 0 Å². The fraction of sp³-hybridized carbons (Fsp3) is 0. The standard InChI is InChI=1S/C11H14N8O2/c12-7(13)2-1-3(11(20)21)5(9(16)17)6(10(18)19)4(2)8(14)15/h1H,(H3,12,13)(H3,14,15)(H3,16,17)(H3,18,19)(H,20,21). The van der Waals surface area contributed by atoms with Gasteiger partial charge in [0.15, 0.2) is 0 Å². The van der Waals surface area contributed by atoms with Crippen molar-refractivity contribution in [2.24, 2.45) is 22.9 Å². The molecule has 0 bridgehead atoms. The molecule has 1 aromatic rings. The van der Waals surface area contributed by atoms with Crippen LogP contribution < -0.4 is 22.9 Å². The minimum absolute atomic E-state index is 0.171. The number of carboxylic acid groups (broad SMARTS) is 1. The Morgan fingerprint density at radius 1 is 0.762 bits per heavy atom. The van der Waals surface area contributed by atoms with E-state index in [0.717, 1.165) is 6.07 Å². The molecule has 1 rings (SSSR count). The van der Waals surface area contributed by atoms with Gasteiger partial charge in [-0.15, -0.1) is 0 Å². The SMILES string of the molecule is N=C(N)c1cc(C(=O)O)c(C(=N)N)c(C(=N)N)c1C(=N)N. The molecule has 10 heteroatoms. The summed E-state index contributed by atoms with van der Waals surface area (Å²) < 4.78 is 0. The second-order valence-corrected chi connectivity index (χ2v) is 4.06. The normalized spacial score (nSPS) is 9.90. The van der Waals surface area contributed by atoms with Crippen molar-refractivity contribution in [1.29, 1.82) is 21.6 Å². The molecule has 0 amide bonds. The van der Waals surface area contributed by atoms with Crippen molar-refractivity contribution in [2.75, 3.05) is 0 Å². The Balaban J connectivity index is 4.13. The second-order valence-electron chi connectivity index (χ2n) is 4.06. The number of hydrogen-bond donors (Lipinski definition) is 9. The Kier molecular flexibility index (Phi) is 3.93. The van der Waals surface area contributed by atoms with Crippen LogP contribution in [0.1, 0.15) is 32.6 Å². The zero-order chi connectivity index (χ0) is 16.5. The van der Waals surface area contributed by atoms with Crippen molar-refractivity contribution >= 4 is 29.3 Å². The van der Waals surface area contributed by atoms with Gasteiger partial charge in [-0.25, -0.2) is 4.79 Å². The summed E-state index contributed by atoms with van der Waals surface area (Å²) in [6.45, 7) is 0. The molecule has 13 N–H and O–H groups in total. The largest absolute Gasteiger partial charge is 0.478 e. The number of nitrogens with one attached hydrogen (secondary N) is 4. The third kappa shape index (κ3) is 2.63. The highest BCUT2D eigenvalue weighted by Crippen LogP contribution is 2.23. The van der Waals surface area contributed by atoms with Gasteiger partial charge in [0.05, 0.1) is 5.56 Å².